The molecule has 0 unspecified atom stereocenters. The first-order chi connectivity index (χ1) is 13.6. The third kappa shape index (κ3) is 2.66. The molecule has 0 saturated heterocycles. The quantitative estimate of drug-likeness (QED) is 0.665. The molecule has 5 rings (SSSR count). The van der Waals surface area contributed by atoms with Crippen LogP contribution in [-0.4, -0.2) is 15.7 Å². The lowest BCUT2D eigenvalue weighted by atomic mass is 9.95. The van der Waals surface area contributed by atoms with Crippen LogP contribution < -0.4 is 10.9 Å². The van der Waals surface area contributed by atoms with Crippen LogP contribution in [0.3, 0.4) is 0 Å². The second kappa shape index (κ2) is 6.44. The molecular weight excluding hydrogens is 362 g/mol. The summed E-state index contributed by atoms with van der Waals surface area (Å²) in [5.41, 5.74) is 8.54. The van der Waals surface area contributed by atoms with Gasteiger partial charge in [-0.25, -0.2) is 13.5 Å². The van der Waals surface area contributed by atoms with Gasteiger partial charge in [-0.1, -0.05) is 18.2 Å². The summed E-state index contributed by atoms with van der Waals surface area (Å²) in [5.74, 6) is -1.19. The van der Waals surface area contributed by atoms with Crippen molar-refractivity contribution in [2.24, 2.45) is 0 Å². The highest BCUT2D eigenvalue weighted by molar-refractivity contribution is 5.95. The lowest BCUT2D eigenvalue weighted by molar-refractivity contribution is 0.0956. The van der Waals surface area contributed by atoms with Crippen LogP contribution in [0.15, 0.2) is 48.5 Å². The molecule has 1 heterocycles. The number of para-hydroxylation sites is 1. The molecule has 142 valence electrons. The molecule has 2 bridgehead atoms. The molecule has 0 aliphatic heterocycles. The maximum atomic E-state index is 14.4. The van der Waals surface area contributed by atoms with Gasteiger partial charge in [0.1, 0.15) is 11.5 Å². The predicted molar refractivity (Wildman–Crippen MR) is 100 cm³/mol. The van der Waals surface area contributed by atoms with E-state index in [0.717, 1.165) is 42.3 Å². The maximum absolute atomic E-state index is 14.4. The molecule has 1 aromatic heterocycles. The normalized spacial score (nSPS) is 19.5. The van der Waals surface area contributed by atoms with Gasteiger partial charge in [0.25, 0.3) is 5.91 Å². The molecule has 28 heavy (non-hydrogen) atoms. The Morgan fingerprint density at radius 3 is 2.64 bits per heavy atom. The van der Waals surface area contributed by atoms with E-state index in [9.17, 15) is 13.6 Å². The van der Waals surface area contributed by atoms with Crippen LogP contribution in [0.4, 0.5) is 14.5 Å². The van der Waals surface area contributed by atoms with Crippen LogP contribution in [0.2, 0.25) is 0 Å². The summed E-state index contributed by atoms with van der Waals surface area (Å²) >= 11 is 0. The van der Waals surface area contributed by atoms with Gasteiger partial charge in [-0.15, -0.1) is 0 Å². The SMILES string of the molecule is O=C(NNc1ccccc1)c1nn(-c2ccc(F)cc2F)c2c1[C@H]1CC[C@H]2C1. The van der Waals surface area contributed by atoms with Crippen molar-refractivity contribution in [2.75, 3.05) is 5.43 Å². The van der Waals surface area contributed by atoms with Crippen LogP contribution >= 0.6 is 0 Å². The standard InChI is InChI=1S/C21H18F2N4O/c22-14-8-9-17(16(23)11-14)27-20-13-7-6-12(10-13)18(20)19(26-27)21(28)25-24-15-4-2-1-3-5-15/h1-5,8-9,11-13,24H,6-7,10H2,(H,25,28)/t12-,13-/m0/s1. The molecule has 1 saturated carbocycles. The number of amides is 1. The lowest BCUT2D eigenvalue weighted by Crippen LogP contribution is -2.30. The molecule has 2 atom stereocenters. The van der Waals surface area contributed by atoms with Gasteiger partial charge in [-0.05, 0) is 49.4 Å². The number of hydrogen-bond acceptors (Lipinski definition) is 3. The van der Waals surface area contributed by atoms with Gasteiger partial charge >= 0.3 is 0 Å². The minimum absolute atomic E-state index is 0.167. The summed E-state index contributed by atoms with van der Waals surface area (Å²) in [6, 6.07) is 12.7. The molecule has 1 fully saturated rings. The summed E-state index contributed by atoms with van der Waals surface area (Å²) in [6.45, 7) is 0. The number of carbonyl (C=O) groups excluding carboxylic acids is 1. The molecular formula is C21H18F2N4O. The van der Waals surface area contributed by atoms with Crippen molar-refractivity contribution in [3.05, 3.63) is 77.1 Å². The zero-order valence-corrected chi connectivity index (χ0v) is 15.0. The fourth-order valence-corrected chi connectivity index (χ4v) is 4.44. The Morgan fingerprint density at radius 1 is 1.07 bits per heavy atom. The number of nitrogens with one attached hydrogen (secondary N) is 2. The van der Waals surface area contributed by atoms with Gasteiger partial charge in [0, 0.05) is 17.5 Å². The molecule has 2 aliphatic carbocycles. The Bertz CT molecular complexity index is 1060. The molecule has 3 aromatic rings. The molecule has 2 aromatic carbocycles. The summed E-state index contributed by atoms with van der Waals surface area (Å²) in [7, 11) is 0. The highest BCUT2D eigenvalue weighted by Gasteiger charge is 2.44. The number of fused-ring (bicyclic) bond motifs is 5. The zero-order valence-electron chi connectivity index (χ0n) is 15.0. The van der Waals surface area contributed by atoms with Gasteiger partial charge in [0.05, 0.1) is 11.4 Å². The molecule has 1 amide bonds. The maximum Gasteiger partial charge on any atom is 0.290 e. The highest BCUT2D eigenvalue weighted by Crippen LogP contribution is 2.54. The Balaban J connectivity index is 1.52. The van der Waals surface area contributed by atoms with Gasteiger partial charge in [-0.2, -0.15) is 5.10 Å². The average molecular weight is 380 g/mol. The highest BCUT2D eigenvalue weighted by atomic mass is 19.1. The largest absolute Gasteiger partial charge is 0.298 e. The number of carbonyl (C=O) groups is 1. The first-order valence-electron chi connectivity index (χ1n) is 9.31. The Hall–Kier alpha value is -3.22. The Morgan fingerprint density at radius 2 is 1.86 bits per heavy atom. The van der Waals surface area contributed by atoms with Crippen molar-refractivity contribution in [3.63, 3.8) is 0 Å². The molecule has 5 nitrogen and oxygen atoms in total. The number of rotatable bonds is 4. The van der Waals surface area contributed by atoms with E-state index in [-0.39, 0.29) is 23.4 Å². The minimum atomic E-state index is -0.692. The molecule has 2 aliphatic rings. The van der Waals surface area contributed by atoms with Crippen molar-refractivity contribution in [1.29, 1.82) is 0 Å². The van der Waals surface area contributed by atoms with Crippen molar-refractivity contribution in [1.82, 2.24) is 15.2 Å². The Kier molecular flexibility index (Phi) is 3.89. The summed E-state index contributed by atoms with van der Waals surface area (Å²) < 4.78 is 29.2. The summed E-state index contributed by atoms with van der Waals surface area (Å²) in [5, 5.41) is 4.45. The topological polar surface area (TPSA) is 59.0 Å². The lowest BCUT2D eigenvalue weighted by Gasteiger charge is -2.14. The van der Waals surface area contributed by atoms with Crippen LogP contribution in [0, 0.1) is 11.6 Å². The monoisotopic (exact) mass is 380 g/mol. The number of hydrogen-bond donors (Lipinski definition) is 2. The number of benzene rings is 2. The Labute approximate surface area is 160 Å². The van der Waals surface area contributed by atoms with Crippen molar-refractivity contribution >= 4 is 11.6 Å². The van der Waals surface area contributed by atoms with Crippen LogP contribution in [0.25, 0.3) is 5.69 Å². The first-order valence-corrected chi connectivity index (χ1v) is 9.31. The summed E-state index contributed by atoms with van der Waals surface area (Å²) in [6.07, 6.45) is 2.94. The van der Waals surface area contributed by atoms with E-state index in [2.05, 4.69) is 16.0 Å². The van der Waals surface area contributed by atoms with E-state index >= 15 is 0 Å². The van der Waals surface area contributed by atoms with Gasteiger partial charge in [0.2, 0.25) is 0 Å². The number of halogens is 2. The van der Waals surface area contributed by atoms with E-state index in [4.69, 9.17) is 0 Å². The second-order valence-corrected chi connectivity index (χ2v) is 7.31. The van der Waals surface area contributed by atoms with Crippen LogP contribution in [0.1, 0.15) is 52.8 Å². The number of nitrogens with zero attached hydrogens (tertiary/aromatic N) is 2. The third-order valence-corrected chi connectivity index (χ3v) is 5.63. The zero-order chi connectivity index (χ0) is 19.3. The minimum Gasteiger partial charge on any atom is -0.298 e. The molecule has 0 spiro atoms. The smallest absolute Gasteiger partial charge is 0.290 e. The van der Waals surface area contributed by atoms with E-state index in [1.165, 1.54) is 16.8 Å². The van der Waals surface area contributed by atoms with Gasteiger partial charge < -0.3 is 0 Å². The van der Waals surface area contributed by atoms with E-state index in [0.29, 0.717) is 5.69 Å². The fourth-order valence-electron chi connectivity index (χ4n) is 4.44. The first kappa shape index (κ1) is 16.9. The number of anilines is 1. The second-order valence-electron chi connectivity index (χ2n) is 7.31. The van der Waals surface area contributed by atoms with Crippen molar-refractivity contribution in [2.45, 2.75) is 31.1 Å². The molecule has 0 radical (unpaired) electrons. The van der Waals surface area contributed by atoms with E-state index in [1.807, 2.05) is 30.3 Å². The van der Waals surface area contributed by atoms with Crippen molar-refractivity contribution < 1.29 is 13.6 Å². The van der Waals surface area contributed by atoms with E-state index in [1.54, 1.807) is 0 Å². The van der Waals surface area contributed by atoms with Crippen LogP contribution in [0.5, 0.6) is 0 Å². The number of hydrazine groups is 1. The van der Waals surface area contributed by atoms with Crippen molar-refractivity contribution in [3.8, 4) is 5.69 Å². The van der Waals surface area contributed by atoms with Crippen LogP contribution in [-0.2, 0) is 0 Å². The third-order valence-electron chi connectivity index (χ3n) is 5.63. The fraction of sp³-hybridized carbons (Fsp3) is 0.238. The molecule has 2 N–H and O–H groups in total. The average Bonchev–Trinajstić information content (AvgIpc) is 3.40. The molecule has 7 heteroatoms. The predicted octanol–water partition coefficient (Wildman–Crippen LogP) is 4.27. The number of aromatic nitrogens is 2. The summed E-state index contributed by atoms with van der Waals surface area (Å²) in [4.78, 5) is 12.8. The van der Waals surface area contributed by atoms with E-state index < -0.39 is 11.6 Å². The van der Waals surface area contributed by atoms with Gasteiger partial charge in [-0.3, -0.25) is 15.6 Å². The van der Waals surface area contributed by atoms with Gasteiger partial charge in [0.15, 0.2) is 11.5 Å².